The number of hydrogen-bond acceptors (Lipinski definition) is 3. The molecule has 42 valence electrons. The van der Waals surface area contributed by atoms with Crippen molar-refractivity contribution < 1.29 is 4.74 Å². The third kappa shape index (κ3) is 0.907. The lowest BCUT2D eigenvalue weighted by atomic mass is 10.7. The van der Waals surface area contributed by atoms with Gasteiger partial charge in [-0.25, -0.2) is 0 Å². The predicted molar refractivity (Wildman–Crippen MR) is 26.8 cm³/mol. The summed E-state index contributed by atoms with van der Waals surface area (Å²) in [6.07, 6.45) is 0.648. The lowest BCUT2D eigenvalue weighted by Gasteiger charge is -1.87. The molecule has 3 heteroatoms. The maximum absolute atomic E-state index is 4.89. The first-order chi connectivity index (χ1) is 3.38. The summed E-state index contributed by atoms with van der Waals surface area (Å²) in [6, 6.07) is 0. The van der Waals surface area contributed by atoms with Crippen LogP contribution in [0.1, 0.15) is 0 Å². The van der Waals surface area contributed by atoms with Gasteiger partial charge in [0.05, 0.1) is 6.17 Å². The van der Waals surface area contributed by atoms with E-state index in [0.717, 1.165) is 0 Å². The molecule has 0 aromatic carbocycles. The van der Waals surface area contributed by atoms with Gasteiger partial charge in [-0.05, 0) is 7.05 Å². The molecule has 1 aliphatic heterocycles. The average molecular weight is 102 g/mol. The van der Waals surface area contributed by atoms with E-state index in [1.165, 1.54) is 0 Å². The molecular formula is C4H10N2O. The van der Waals surface area contributed by atoms with Crippen molar-refractivity contribution in [1.29, 1.82) is 0 Å². The van der Waals surface area contributed by atoms with Crippen molar-refractivity contribution in [3.8, 4) is 0 Å². The van der Waals surface area contributed by atoms with Crippen LogP contribution in [-0.2, 0) is 4.74 Å². The molecule has 7 heavy (non-hydrogen) atoms. The monoisotopic (exact) mass is 102 g/mol. The molecule has 2 atom stereocenters. The van der Waals surface area contributed by atoms with Crippen LogP contribution in [0.15, 0.2) is 0 Å². The summed E-state index contributed by atoms with van der Waals surface area (Å²) in [7, 11) is 3.59. The lowest BCUT2D eigenvalue weighted by molar-refractivity contribution is 0.169. The minimum Gasteiger partial charge on any atom is -0.363 e. The summed E-state index contributed by atoms with van der Waals surface area (Å²) in [5, 5.41) is 6.04. The van der Waals surface area contributed by atoms with Gasteiger partial charge < -0.3 is 10.1 Å². The molecule has 0 amide bonds. The highest BCUT2D eigenvalue weighted by molar-refractivity contribution is 4.86. The molecule has 1 fully saturated rings. The van der Waals surface area contributed by atoms with E-state index in [1.54, 1.807) is 7.11 Å². The van der Waals surface area contributed by atoms with Crippen molar-refractivity contribution in [3.63, 3.8) is 0 Å². The van der Waals surface area contributed by atoms with Crippen LogP contribution >= 0.6 is 0 Å². The van der Waals surface area contributed by atoms with Gasteiger partial charge in [0, 0.05) is 7.11 Å². The smallest absolute Gasteiger partial charge is 0.137 e. The quantitative estimate of drug-likeness (QED) is 0.444. The van der Waals surface area contributed by atoms with Gasteiger partial charge >= 0.3 is 0 Å². The fraction of sp³-hybridized carbons (Fsp3) is 1.00. The van der Waals surface area contributed by atoms with Gasteiger partial charge in [-0.3, -0.25) is 5.32 Å². The zero-order chi connectivity index (χ0) is 5.28. The maximum atomic E-state index is 4.89. The Labute approximate surface area is 43.0 Å². The predicted octanol–water partition coefficient (Wildman–Crippen LogP) is -0.892. The lowest BCUT2D eigenvalue weighted by Crippen LogP contribution is -2.14. The minimum absolute atomic E-state index is 0.255. The molecular weight excluding hydrogens is 92.1 g/mol. The van der Waals surface area contributed by atoms with Crippen molar-refractivity contribution in [3.05, 3.63) is 0 Å². The molecule has 0 radical (unpaired) electrons. The fourth-order valence-electron chi connectivity index (χ4n) is 0.560. The molecule has 0 spiro atoms. The highest BCUT2D eigenvalue weighted by atomic mass is 16.5. The molecule has 1 rings (SSSR count). The van der Waals surface area contributed by atoms with E-state index in [1.807, 2.05) is 7.05 Å². The van der Waals surface area contributed by atoms with Gasteiger partial charge in [0.15, 0.2) is 0 Å². The number of methoxy groups -OCH3 is 1. The molecule has 0 aliphatic carbocycles. The Morgan fingerprint density at radius 1 is 1.71 bits per heavy atom. The normalized spacial score (nSPS) is 38.6. The van der Waals surface area contributed by atoms with Crippen molar-refractivity contribution in [2.24, 2.45) is 0 Å². The van der Waals surface area contributed by atoms with Crippen LogP contribution in [-0.4, -0.2) is 26.6 Å². The Kier molecular flexibility index (Phi) is 1.27. The topological polar surface area (TPSA) is 43.2 Å². The first-order valence-electron chi connectivity index (χ1n) is 2.34. The third-order valence-electron chi connectivity index (χ3n) is 1.10. The molecule has 0 aromatic heterocycles. The van der Waals surface area contributed by atoms with Gasteiger partial charge in [0.1, 0.15) is 6.23 Å². The number of likely N-dealkylation sites (N-methyl/N-ethyl adjacent to an activating group) is 1. The van der Waals surface area contributed by atoms with E-state index < -0.39 is 0 Å². The summed E-state index contributed by atoms with van der Waals surface area (Å²) < 4.78 is 4.89. The van der Waals surface area contributed by atoms with Crippen molar-refractivity contribution in [2.45, 2.75) is 12.4 Å². The Bertz CT molecular complexity index is 58.7. The summed E-state index contributed by atoms with van der Waals surface area (Å²) in [4.78, 5) is 0. The van der Waals surface area contributed by atoms with E-state index in [2.05, 4.69) is 10.6 Å². The highest BCUT2D eigenvalue weighted by Crippen LogP contribution is 2.04. The van der Waals surface area contributed by atoms with Crippen LogP contribution in [0.2, 0.25) is 0 Å². The average Bonchev–Trinajstić information content (AvgIpc) is 2.43. The van der Waals surface area contributed by atoms with Crippen LogP contribution in [0.3, 0.4) is 0 Å². The number of hydrogen-bond donors (Lipinski definition) is 2. The fourth-order valence-corrected chi connectivity index (χ4v) is 0.560. The first kappa shape index (κ1) is 5.03. The third-order valence-corrected chi connectivity index (χ3v) is 1.10. The number of rotatable bonds is 2. The molecule has 0 bridgehead atoms. The Morgan fingerprint density at radius 3 is 2.57 bits per heavy atom. The van der Waals surface area contributed by atoms with Crippen LogP contribution in [0.4, 0.5) is 0 Å². The zero-order valence-electron chi connectivity index (χ0n) is 4.56. The summed E-state index contributed by atoms with van der Waals surface area (Å²) in [5.74, 6) is 0. The highest BCUT2D eigenvalue weighted by Gasteiger charge is 2.34. The second-order valence-electron chi connectivity index (χ2n) is 1.59. The summed E-state index contributed by atoms with van der Waals surface area (Å²) in [5.41, 5.74) is 0. The largest absolute Gasteiger partial charge is 0.363 e. The summed E-state index contributed by atoms with van der Waals surface area (Å²) in [6.45, 7) is 0. The zero-order valence-corrected chi connectivity index (χ0v) is 4.56. The van der Waals surface area contributed by atoms with Gasteiger partial charge in [-0.1, -0.05) is 0 Å². The van der Waals surface area contributed by atoms with Gasteiger partial charge in [0.25, 0.3) is 0 Å². The minimum atomic E-state index is 0.255. The van der Waals surface area contributed by atoms with E-state index in [4.69, 9.17) is 4.74 Å². The molecule has 0 aromatic rings. The summed E-state index contributed by atoms with van der Waals surface area (Å²) >= 11 is 0. The van der Waals surface area contributed by atoms with E-state index in [-0.39, 0.29) is 6.23 Å². The van der Waals surface area contributed by atoms with E-state index >= 15 is 0 Å². The van der Waals surface area contributed by atoms with Crippen LogP contribution in [0.5, 0.6) is 0 Å². The first-order valence-corrected chi connectivity index (χ1v) is 2.34. The second kappa shape index (κ2) is 1.78. The van der Waals surface area contributed by atoms with E-state index in [0.29, 0.717) is 6.17 Å². The Balaban J connectivity index is 2.06. The Morgan fingerprint density at radius 2 is 2.43 bits per heavy atom. The molecule has 2 unspecified atom stereocenters. The second-order valence-corrected chi connectivity index (χ2v) is 1.59. The molecule has 1 aliphatic rings. The number of nitrogens with one attached hydrogen (secondary N) is 2. The van der Waals surface area contributed by atoms with Crippen molar-refractivity contribution in [1.82, 2.24) is 10.6 Å². The van der Waals surface area contributed by atoms with Gasteiger partial charge in [-0.15, -0.1) is 0 Å². The SMILES string of the molecule is CNC1NC1OC. The maximum Gasteiger partial charge on any atom is 0.137 e. The van der Waals surface area contributed by atoms with Gasteiger partial charge in [0.2, 0.25) is 0 Å². The Hall–Kier alpha value is -0.120. The van der Waals surface area contributed by atoms with Crippen LogP contribution < -0.4 is 10.6 Å². The van der Waals surface area contributed by atoms with Crippen LogP contribution in [0.25, 0.3) is 0 Å². The molecule has 2 N–H and O–H groups in total. The molecule has 3 nitrogen and oxygen atoms in total. The van der Waals surface area contributed by atoms with Crippen molar-refractivity contribution >= 4 is 0 Å². The molecule has 1 heterocycles. The molecule has 0 saturated carbocycles. The van der Waals surface area contributed by atoms with Crippen LogP contribution in [0, 0.1) is 0 Å². The molecule has 1 saturated heterocycles. The number of ether oxygens (including phenoxy) is 1. The van der Waals surface area contributed by atoms with Crippen molar-refractivity contribution in [2.75, 3.05) is 14.2 Å². The standard InChI is InChI=1S/C4H10N2O/c1-5-3-4(6-3)7-2/h3-6H,1-2H3. The van der Waals surface area contributed by atoms with E-state index in [9.17, 15) is 0 Å². The van der Waals surface area contributed by atoms with Gasteiger partial charge in [-0.2, -0.15) is 0 Å².